The number of carbonyl (C=O) groups is 1. The fraction of sp³-hybridized carbons (Fsp3) is 0.500. The molecule has 1 amide bonds. The van der Waals surface area contributed by atoms with E-state index >= 15 is 0 Å². The summed E-state index contributed by atoms with van der Waals surface area (Å²) in [6.07, 6.45) is -0.596. The molecule has 1 rings (SSSR count). The van der Waals surface area contributed by atoms with Crippen molar-refractivity contribution in [1.82, 2.24) is 5.32 Å². The predicted octanol–water partition coefficient (Wildman–Crippen LogP) is 1.52. The lowest BCUT2D eigenvalue weighted by molar-refractivity contribution is 0.0988. The Bertz CT molecular complexity index is 472. The number of primary amides is 1. The van der Waals surface area contributed by atoms with Crippen LogP contribution in [-0.2, 0) is 0 Å². The van der Waals surface area contributed by atoms with Crippen LogP contribution in [0.15, 0.2) is 18.2 Å². The van der Waals surface area contributed by atoms with Gasteiger partial charge < -0.3 is 20.9 Å². The van der Waals surface area contributed by atoms with Gasteiger partial charge in [0.05, 0.1) is 3.57 Å². The van der Waals surface area contributed by atoms with E-state index in [1.807, 2.05) is 20.8 Å². The second-order valence-electron chi connectivity index (χ2n) is 5.61. The van der Waals surface area contributed by atoms with E-state index in [1.54, 1.807) is 18.2 Å². The highest BCUT2D eigenvalue weighted by atomic mass is 127. The Morgan fingerprint density at radius 2 is 2.15 bits per heavy atom. The van der Waals surface area contributed by atoms with Gasteiger partial charge in [-0.15, -0.1) is 0 Å². The number of β-amino-alcohol motifs (C(OH)–C–C–N with tert-alkyl or cyclic N) is 1. The summed E-state index contributed by atoms with van der Waals surface area (Å²) in [5.74, 6) is 0.161. The van der Waals surface area contributed by atoms with Gasteiger partial charge in [-0.25, -0.2) is 0 Å². The average molecular weight is 392 g/mol. The zero-order chi connectivity index (χ0) is 15.3. The predicted molar refractivity (Wildman–Crippen MR) is 86.9 cm³/mol. The monoisotopic (exact) mass is 392 g/mol. The van der Waals surface area contributed by atoms with Crippen LogP contribution in [-0.4, -0.2) is 35.8 Å². The molecule has 0 bridgehead atoms. The molecule has 0 aliphatic heterocycles. The van der Waals surface area contributed by atoms with E-state index in [-0.39, 0.29) is 12.1 Å². The number of aliphatic hydroxyl groups is 1. The minimum Gasteiger partial charge on any atom is -0.490 e. The van der Waals surface area contributed by atoms with Gasteiger partial charge in [0.15, 0.2) is 0 Å². The van der Waals surface area contributed by atoms with Crippen molar-refractivity contribution >= 4 is 28.5 Å². The summed E-state index contributed by atoms with van der Waals surface area (Å²) < 4.78 is 6.34. The van der Waals surface area contributed by atoms with Gasteiger partial charge in [-0.3, -0.25) is 4.79 Å². The Kier molecular flexibility index (Phi) is 6.22. The Morgan fingerprint density at radius 1 is 1.50 bits per heavy atom. The Balaban J connectivity index is 2.51. The number of halogens is 1. The zero-order valence-corrected chi connectivity index (χ0v) is 14.1. The van der Waals surface area contributed by atoms with Crippen molar-refractivity contribution in [2.45, 2.75) is 32.4 Å². The number of nitrogens with one attached hydrogen (secondary N) is 1. The van der Waals surface area contributed by atoms with Gasteiger partial charge in [-0.2, -0.15) is 0 Å². The van der Waals surface area contributed by atoms with E-state index in [2.05, 4.69) is 27.9 Å². The maximum absolute atomic E-state index is 11.0. The quantitative estimate of drug-likeness (QED) is 0.641. The second-order valence-corrected chi connectivity index (χ2v) is 6.77. The van der Waals surface area contributed by atoms with Gasteiger partial charge in [-0.1, -0.05) is 0 Å². The largest absolute Gasteiger partial charge is 0.490 e. The van der Waals surface area contributed by atoms with Crippen LogP contribution >= 0.6 is 22.6 Å². The van der Waals surface area contributed by atoms with Crippen LogP contribution in [0, 0.1) is 3.57 Å². The molecule has 1 atom stereocenters. The van der Waals surface area contributed by atoms with E-state index in [9.17, 15) is 9.90 Å². The minimum atomic E-state index is -0.596. The van der Waals surface area contributed by atoms with Crippen LogP contribution in [0.1, 0.15) is 31.1 Å². The molecule has 0 aromatic heterocycles. The third kappa shape index (κ3) is 6.06. The molecule has 0 aliphatic carbocycles. The lowest BCUT2D eigenvalue weighted by Crippen LogP contribution is -2.42. The van der Waals surface area contributed by atoms with Gasteiger partial charge in [0.1, 0.15) is 18.5 Å². The molecule has 0 aliphatic rings. The smallest absolute Gasteiger partial charge is 0.248 e. The number of amides is 1. The zero-order valence-electron chi connectivity index (χ0n) is 11.9. The van der Waals surface area contributed by atoms with Crippen LogP contribution in [0.2, 0.25) is 0 Å². The first-order chi connectivity index (χ1) is 9.19. The van der Waals surface area contributed by atoms with Crippen molar-refractivity contribution in [3.63, 3.8) is 0 Å². The van der Waals surface area contributed by atoms with Crippen LogP contribution in [0.4, 0.5) is 0 Å². The molecule has 0 fully saturated rings. The second kappa shape index (κ2) is 7.24. The number of hydrogen-bond acceptors (Lipinski definition) is 4. The standard InChI is InChI=1S/C14H21IN2O3/c1-14(2,3)17-7-10(18)8-20-12-5-4-9(13(16)19)6-11(12)15/h4-6,10,17-18H,7-8H2,1-3H3,(H2,16,19). The molecule has 6 heteroatoms. The molecule has 5 nitrogen and oxygen atoms in total. The van der Waals surface area contributed by atoms with Gasteiger partial charge in [0, 0.05) is 17.6 Å². The van der Waals surface area contributed by atoms with Crippen LogP contribution in [0.3, 0.4) is 0 Å². The normalized spacial score (nSPS) is 13.1. The lowest BCUT2D eigenvalue weighted by Gasteiger charge is -2.23. The third-order valence-electron chi connectivity index (χ3n) is 2.52. The van der Waals surface area contributed by atoms with Gasteiger partial charge in [0.2, 0.25) is 5.91 Å². The molecule has 0 saturated carbocycles. The molecule has 1 aromatic carbocycles. The van der Waals surface area contributed by atoms with Crippen molar-refractivity contribution in [1.29, 1.82) is 0 Å². The Labute approximate surface area is 133 Å². The first kappa shape index (κ1) is 17.2. The van der Waals surface area contributed by atoms with E-state index in [0.717, 1.165) is 3.57 Å². The molecule has 0 heterocycles. The fourth-order valence-electron chi connectivity index (χ4n) is 1.44. The van der Waals surface area contributed by atoms with Gasteiger partial charge in [0.25, 0.3) is 0 Å². The summed E-state index contributed by atoms with van der Waals surface area (Å²) in [5.41, 5.74) is 5.60. The Hall–Kier alpha value is -0.860. The van der Waals surface area contributed by atoms with Gasteiger partial charge >= 0.3 is 0 Å². The lowest BCUT2D eigenvalue weighted by atomic mass is 10.1. The van der Waals surface area contributed by atoms with E-state index in [1.165, 1.54) is 0 Å². The van der Waals surface area contributed by atoms with Crippen molar-refractivity contribution in [3.8, 4) is 5.75 Å². The average Bonchev–Trinajstić information content (AvgIpc) is 2.33. The maximum atomic E-state index is 11.0. The molecule has 112 valence electrons. The Morgan fingerprint density at radius 3 is 2.65 bits per heavy atom. The van der Waals surface area contributed by atoms with E-state index in [4.69, 9.17) is 10.5 Å². The third-order valence-corrected chi connectivity index (χ3v) is 3.36. The molecule has 0 spiro atoms. The minimum absolute atomic E-state index is 0.0431. The van der Waals surface area contributed by atoms with E-state index in [0.29, 0.717) is 17.9 Å². The molecule has 20 heavy (non-hydrogen) atoms. The van der Waals surface area contributed by atoms with Crippen molar-refractivity contribution < 1.29 is 14.6 Å². The number of aliphatic hydroxyl groups excluding tert-OH is 1. The van der Waals surface area contributed by atoms with Crippen molar-refractivity contribution in [3.05, 3.63) is 27.3 Å². The molecular formula is C14H21IN2O3. The number of rotatable bonds is 6. The topological polar surface area (TPSA) is 84.6 Å². The van der Waals surface area contributed by atoms with Crippen LogP contribution in [0.25, 0.3) is 0 Å². The number of carbonyl (C=O) groups excluding carboxylic acids is 1. The number of nitrogens with two attached hydrogens (primary N) is 1. The molecule has 4 N–H and O–H groups in total. The summed E-state index contributed by atoms with van der Waals surface area (Å²) in [4.78, 5) is 11.0. The maximum Gasteiger partial charge on any atom is 0.248 e. The summed E-state index contributed by atoms with van der Waals surface area (Å²) in [7, 11) is 0. The highest BCUT2D eigenvalue weighted by Gasteiger charge is 2.13. The molecule has 1 unspecified atom stereocenters. The molecular weight excluding hydrogens is 371 g/mol. The van der Waals surface area contributed by atoms with Crippen molar-refractivity contribution in [2.24, 2.45) is 5.73 Å². The van der Waals surface area contributed by atoms with Crippen LogP contribution < -0.4 is 15.8 Å². The molecule has 0 radical (unpaired) electrons. The first-order valence-corrected chi connectivity index (χ1v) is 7.42. The van der Waals surface area contributed by atoms with Crippen LogP contribution in [0.5, 0.6) is 5.75 Å². The molecule has 0 saturated heterocycles. The van der Waals surface area contributed by atoms with Gasteiger partial charge in [-0.05, 0) is 61.6 Å². The summed E-state index contributed by atoms with van der Waals surface area (Å²) in [5, 5.41) is 13.0. The van der Waals surface area contributed by atoms with Crippen molar-refractivity contribution in [2.75, 3.05) is 13.2 Å². The number of ether oxygens (including phenoxy) is 1. The highest BCUT2D eigenvalue weighted by Crippen LogP contribution is 2.22. The summed E-state index contributed by atoms with van der Waals surface area (Å²) in [6.45, 7) is 6.75. The summed E-state index contributed by atoms with van der Waals surface area (Å²) >= 11 is 2.07. The SMILES string of the molecule is CC(C)(C)NCC(O)COc1ccc(C(N)=O)cc1I. The summed E-state index contributed by atoms with van der Waals surface area (Å²) in [6, 6.07) is 4.96. The fourth-order valence-corrected chi connectivity index (χ4v) is 2.11. The number of benzene rings is 1. The van der Waals surface area contributed by atoms with E-state index < -0.39 is 12.0 Å². The highest BCUT2D eigenvalue weighted by molar-refractivity contribution is 14.1. The number of hydrogen-bond donors (Lipinski definition) is 3. The first-order valence-electron chi connectivity index (χ1n) is 6.34. The molecule has 1 aromatic rings.